The van der Waals surface area contributed by atoms with Crippen LogP contribution in [0.3, 0.4) is 0 Å². The van der Waals surface area contributed by atoms with Crippen molar-refractivity contribution < 1.29 is 48.1 Å². The van der Waals surface area contributed by atoms with E-state index in [-0.39, 0.29) is 44.4 Å². The summed E-state index contributed by atoms with van der Waals surface area (Å²) in [6.45, 7) is 13.8. The van der Waals surface area contributed by atoms with Gasteiger partial charge in [0.05, 0.1) is 12.1 Å². The number of carbonyl (C=O) groups excluding carboxylic acids is 5. The topological polar surface area (TPSA) is 188 Å². The quantitative estimate of drug-likeness (QED) is 0.107. The minimum absolute atomic E-state index is 0.0112. The lowest BCUT2D eigenvalue weighted by molar-refractivity contribution is -0.164. The van der Waals surface area contributed by atoms with E-state index in [1.807, 2.05) is 32.6 Å². The van der Waals surface area contributed by atoms with Crippen LogP contribution in [0, 0.1) is 0 Å². The minimum Gasteiger partial charge on any atom is -0.481 e. The highest BCUT2D eigenvalue weighted by Gasteiger charge is 2.35. The molecule has 0 spiro atoms. The van der Waals surface area contributed by atoms with Crippen molar-refractivity contribution in [2.75, 3.05) is 37.8 Å². The Bertz CT molecular complexity index is 1220. The SMILES string of the molecule is CCC(=O)N(CCSCCC(=O)O)C(C)(C)CCN(C(=O)CC)C(C)(C)Cc1cn(CC(=O)OCC(COC(C)=O)OC(C)=O)nn1. The molecule has 0 bridgehead atoms. The molecule has 1 rings (SSSR count). The van der Waals surface area contributed by atoms with E-state index in [0.717, 1.165) is 0 Å². The second-order valence-electron chi connectivity index (χ2n) is 12.2. The summed E-state index contributed by atoms with van der Waals surface area (Å²) in [5, 5.41) is 17.1. The predicted octanol–water partition coefficient (Wildman–Crippen LogP) is 2.49. The van der Waals surface area contributed by atoms with E-state index < -0.39 is 41.1 Å². The van der Waals surface area contributed by atoms with Crippen molar-refractivity contribution in [2.45, 2.75) is 111 Å². The van der Waals surface area contributed by atoms with E-state index in [0.29, 0.717) is 49.6 Å². The van der Waals surface area contributed by atoms with Crippen molar-refractivity contribution in [3.63, 3.8) is 0 Å². The van der Waals surface area contributed by atoms with Gasteiger partial charge in [-0.15, -0.1) is 5.10 Å². The highest BCUT2D eigenvalue weighted by atomic mass is 32.2. The smallest absolute Gasteiger partial charge is 0.327 e. The molecule has 15 nitrogen and oxygen atoms in total. The third-order valence-corrected chi connectivity index (χ3v) is 8.23. The average molecular weight is 686 g/mol. The summed E-state index contributed by atoms with van der Waals surface area (Å²) >= 11 is 1.49. The summed E-state index contributed by atoms with van der Waals surface area (Å²) in [6, 6.07) is 0. The van der Waals surface area contributed by atoms with E-state index >= 15 is 0 Å². The summed E-state index contributed by atoms with van der Waals surface area (Å²) in [4.78, 5) is 75.4. The van der Waals surface area contributed by atoms with E-state index in [1.54, 1.807) is 24.9 Å². The van der Waals surface area contributed by atoms with Crippen molar-refractivity contribution in [1.29, 1.82) is 0 Å². The van der Waals surface area contributed by atoms with Crippen LogP contribution in [0.5, 0.6) is 0 Å². The number of hydrogen-bond donors (Lipinski definition) is 1. The lowest BCUT2D eigenvalue weighted by Crippen LogP contribution is -2.54. The molecule has 1 unspecified atom stereocenters. The van der Waals surface area contributed by atoms with E-state index in [9.17, 15) is 28.8 Å². The maximum atomic E-state index is 13.2. The number of hydrogen-bond acceptors (Lipinski definition) is 12. The summed E-state index contributed by atoms with van der Waals surface area (Å²) in [7, 11) is 0. The molecule has 1 N–H and O–H groups in total. The number of aromatic nitrogens is 3. The van der Waals surface area contributed by atoms with Crippen LogP contribution in [0.2, 0.25) is 0 Å². The van der Waals surface area contributed by atoms with Gasteiger partial charge in [-0.3, -0.25) is 28.8 Å². The number of aliphatic carboxylic acids is 1. The molecule has 1 atom stereocenters. The van der Waals surface area contributed by atoms with Crippen LogP contribution in [0.25, 0.3) is 0 Å². The first kappa shape index (κ1) is 41.3. The molecule has 1 aromatic rings. The molecule has 1 aromatic heterocycles. The van der Waals surface area contributed by atoms with Gasteiger partial charge in [0.1, 0.15) is 19.8 Å². The van der Waals surface area contributed by atoms with Gasteiger partial charge < -0.3 is 29.1 Å². The molecule has 0 saturated carbocycles. The Morgan fingerprint density at radius 3 is 2.04 bits per heavy atom. The van der Waals surface area contributed by atoms with Crippen LogP contribution >= 0.6 is 11.8 Å². The number of amides is 2. The van der Waals surface area contributed by atoms with Gasteiger partial charge in [-0.2, -0.15) is 11.8 Å². The molecule has 47 heavy (non-hydrogen) atoms. The standard InChI is InChI=1S/C31H51N5O10S/c1-9-26(39)35(13-12-30(5,6)36(27(40)10-2)14-16-47-15-11-28(41)42)31(7,8)17-24-18-34(33-32-24)19-29(43)45-21-25(46-23(4)38)20-44-22(3)37/h18,25H,9-17,19-21H2,1-8H3,(H,41,42). The van der Waals surface area contributed by atoms with E-state index in [1.165, 1.54) is 30.3 Å². The maximum Gasteiger partial charge on any atom is 0.327 e. The van der Waals surface area contributed by atoms with Crippen molar-refractivity contribution in [3.8, 4) is 0 Å². The fourth-order valence-corrected chi connectivity index (χ4v) is 5.64. The third kappa shape index (κ3) is 15.6. The molecule has 0 fully saturated rings. The van der Waals surface area contributed by atoms with Crippen molar-refractivity contribution in [3.05, 3.63) is 11.9 Å². The largest absolute Gasteiger partial charge is 0.481 e. The van der Waals surface area contributed by atoms with Gasteiger partial charge in [-0.05, 0) is 34.1 Å². The second kappa shape index (κ2) is 19.9. The fraction of sp³-hybridized carbons (Fsp3) is 0.742. The molecule has 0 aromatic carbocycles. The van der Waals surface area contributed by atoms with Gasteiger partial charge in [0.2, 0.25) is 11.8 Å². The molecular formula is C31H51N5O10S. The van der Waals surface area contributed by atoms with Gasteiger partial charge in [-0.25, -0.2) is 4.68 Å². The molecule has 0 aliphatic heterocycles. The molecule has 0 aliphatic rings. The summed E-state index contributed by atoms with van der Waals surface area (Å²) in [5.74, 6) is -1.70. The number of thioether (sulfide) groups is 1. The number of carboxylic acids is 1. The molecule has 2 amide bonds. The lowest BCUT2D eigenvalue weighted by Gasteiger charge is -2.43. The Morgan fingerprint density at radius 2 is 1.49 bits per heavy atom. The molecule has 0 aliphatic carbocycles. The van der Waals surface area contributed by atoms with Gasteiger partial charge in [-0.1, -0.05) is 19.1 Å². The van der Waals surface area contributed by atoms with Gasteiger partial charge in [0, 0.05) is 75.0 Å². The van der Waals surface area contributed by atoms with Crippen LogP contribution in [0.15, 0.2) is 6.20 Å². The fourth-order valence-electron chi connectivity index (χ4n) is 4.81. The number of ether oxygens (including phenoxy) is 3. The van der Waals surface area contributed by atoms with Crippen LogP contribution in [0.1, 0.15) is 86.8 Å². The second-order valence-corrected chi connectivity index (χ2v) is 13.5. The maximum absolute atomic E-state index is 13.2. The highest BCUT2D eigenvalue weighted by Crippen LogP contribution is 2.26. The molecule has 0 radical (unpaired) electrons. The Hall–Kier alpha value is -3.69. The monoisotopic (exact) mass is 685 g/mol. The summed E-state index contributed by atoms with van der Waals surface area (Å²) < 4.78 is 16.4. The summed E-state index contributed by atoms with van der Waals surface area (Å²) in [5.41, 5.74) is -0.714. The van der Waals surface area contributed by atoms with Gasteiger partial charge >= 0.3 is 23.9 Å². The molecule has 16 heteroatoms. The number of nitrogens with zero attached hydrogens (tertiary/aromatic N) is 5. The first-order valence-electron chi connectivity index (χ1n) is 15.7. The molecule has 0 saturated heterocycles. The van der Waals surface area contributed by atoms with Crippen LogP contribution in [-0.2, 0) is 55.9 Å². The zero-order valence-electron chi connectivity index (χ0n) is 28.9. The van der Waals surface area contributed by atoms with Crippen LogP contribution in [-0.4, -0.2) is 121 Å². The van der Waals surface area contributed by atoms with Gasteiger partial charge in [0.25, 0.3) is 0 Å². The first-order chi connectivity index (χ1) is 21.9. The average Bonchev–Trinajstić information content (AvgIpc) is 3.40. The van der Waals surface area contributed by atoms with Crippen molar-refractivity contribution >= 4 is 47.5 Å². The number of carbonyl (C=O) groups is 6. The third-order valence-electron chi connectivity index (χ3n) is 7.26. The number of carboxylic acid groups (broad SMARTS) is 1. The normalized spacial score (nSPS) is 12.2. The zero-order chi connectivity index (χ0) is 35.8. The van der Waals surface area contributed by atoms with Crippen molar-refractivity contribution in [1.82, 2.24) is 24.8 Å². The Balaban J connectivity index is 2.90. The Labute approximate surface area is 281 Å². The number of esters is 3. The van der Waals surface area contributed by atoms with Gasteiger partial charge in [0.15, 0.2) is 6.10 Å². The van der Waals surface area contributed by atoms with E-state index in [4.69, 9.17) is 19.3 Å². The zero-order valence-corrected chi connectivity index (χ0v) is 29.7. The Morgan fingerprint density at radius 1 is 0.894 bits per heavy atom. The molecule has 266 valence electrons. The van der Waals surface area contributed by atoms with E-state index in [2.05, 4.69) is 10.3 Å². The van der Waals surface area contributed by atoms with Crippen LogP contribution in [0.4, 0.5) is 0 Å². The first-order valence-corrected chi connectivity index (χ1v) is 16.8. The number of rotatable bonds is 22. The molecule has 1 heterocycles. The lowest BCUT2D eigenvalue weighted by atomic mass is 9.92. The van der Waals surface area contributed by atoms with Crippen molar-refractivity contribution in [2.24, 2.45) is 0 Å². The Kier molecular flexibility index (Phi) is 17.5. The molecular weight excluding hydrogens is 634 g/mol. The minimum atomic E-state index is -0.950. The van der Waals surface area contributed by atoms with Crippen LogP contribution < -0.4 is 0 Å². The predicted molar refractivity (Wildman–Crippen MR) is 173 cm³/mol. The highest BCUT2D eigenvalue weighted by molar-refractivity contribution is 7.99. The summed E-state index contributed by atoms with van der Waals surface area (Å²) in [6.07, 6.45) is 2.17.